The van der Waals surface area contributed by atoms with Crippen LogP contribution in [-0.2, 0) is 16.1 Å². The van der Waals surface area contributed by atoms with Crippen LogP contribution in [0.4, 0.5) is 5.69 Å². The summed E-state index contributed by atoms with van der Waals surface area (Å²) in [6.07, 6.45) is 0.500. The van der Waals surface area contributed by atoms with Gasteiger partial charge in [-0.25, -0.2) is 4.68 Å². The van der Waals surface area contributed by atoms with Crippen LogP contribution in [0.3, 0.4) is 0 Å². The highest BCUT2D eigenvalue weighted by Gasteiger charge is 2.30. The zero-order chi connectivity index (χ0) is 22.0. The molecule has 1 aliphatic carbocycles. The van der Waals surface area contributed by atoms with E-state index >= 15 is 0 Å². The Morgan fingerprint density at radius 2 is 1.84 bits per heavy atom. The van der Waals surface area contributed by atoms with Gasteiger partial charge in [0.15, 0.2) is 0 Å². The van der Waals surface area contributed by atoms with Crippen LogP contribution in [0.2, 0.25) is 0 Å². The Hall–Kier alpha value is -3.59. The molecule has 3 N–H and O–H groups in total. The van der Waals surface area contributed by atoms with Crippen LogP contribution in [0.15, 0.2) is 53.3 Å². The lowest BCUT2D eigenvalue weighted by Crippen LogP contribution is -2.29. The molecule has 0 saturated heterocycles. The van der Waals surface area contributed by atoms with Gasteiger partial charge in [0.25, 0.3) is 5.56 Å². The Labute approximate surface area is 177 Å². The van der Waals surface area contributed by atoms with E-state index in [0.717, 1.165) is 17.5 Å². The number of nitrogens with one attached hydrogen (secondary N) is 1. The quantitative estimate of drug-likeness (QED) is 0.505. The van der Waals surface area contributed by atoms with Gasteiger partial charge in [0, 0.05) is 18.2 Å². The first kappa shape index (κ1) is 20.7. The minimum absolute atomic E-state index is 0.000222. The zero-order valence-electron chi connectivity index (χ0n) is 16.6. The van der Waals surface area contributed by atoms with Gasteiger partial charge in [-0.05, 0) is 49.1 Å². The molecule has 4 rings (SSSR count). The molecule has 1 saturated carbocycles. The van der Waals surface area contributed by atoms with Crippen molar-refractivity contribution in [2.24, 2.45) is 11.8 Å². The Kier molecular flexibility index (Phi) is 5.77. The number of carbonyl (C=O) groups excluding carboxylic acids is 1. The van der Waals surface area contributed by atoms with Crippen molar-refractivity contribution in [2.45, 2.75) is 31.9 Å². The molecule has 0 bridgehead atoms. The van der Waals surface area contributed by atoms with E-state index in [2.05, 4.69) is 15.6 Å². The van der Waals surface area contributed by atoms with E-state index in [1.54, 1.807) is 48.5 Å². The minimum Gasteiger partial charge on any atom is -0.481 e. The molecule has 31 heavy (non-hydrogen) atoms. The van der Waals surface area contributed by atoms with Gasteiger partial charge in [0.05, 0.1) is 17.4 Å². The third-order valence-electron chi connectivity index (χ3n) is 5.45. The van der Waals surface area contributed by atoms with E-state index in [9.17, 15) is 24.6 Å². The first-order chi connectivity index (χ1) is 14.9. The summed E-state index contributed by atoms with van der Waals surface area (Å²) in [4.78, 5) is 36.2. The highest BCUT2D eigenvalue weighted by molar-refractivity contribution is 5.94. The van der Waals surface area contributed by atoms with Crippen LogP contribution >= 0.6 is 0 Å². The Morgan fingerprint density at radius 1 is 1.13 bits per heavy atom. The average Bonchev–Trinajstić information content (AvgIpc) is 3.61. The molecule has 1 heterocycles. The minimum atomic E-state index is -1.28. The van der Waals surface area contributed by atoms with Crippen LogP contribution in [0, 0.1) is 11.8 Å². The van der Waals surface area contributed by atoms with E-state index in [4.69, 9.17) is 0 Å². The molecular formula is C22H22N4O5. The zero-order valence-corrected chi connectivity index (χ0v) is 16.6. The molecule has 9 nitrogen and oxygen atoms in total. The van der Waals surface area contributed by atoms with Gasteiger partial charge in [-0.15, -0.1) is 5.10 Å². The molecule has 1 aliphatic rings. The normalized spacial score (nSPS) is 15.4. The fourth-order valence-electron chi connectivity index (χ4n) is 3.43. The fraction of sp³-hybridized carbons (Fsp3) is 0.318. The number of benzene rings is 2. The molecule has 0 unspecified atom stereocenters. The van der Waals surface area contributed by atoms with E-state index in [-0.39, 0.29) is 30.3 Å². The van der Waals surface area contributed by atoms with Crippen molar-refractivity contribution in [3.05, 3.63) is 64.4 Å². The van der Waals surface area contributed by atoms with Crippen LogP contribution in [0.25, 0.3) is 10.9 Å². The summed E-state index contributed by atoms with van der Waals surface area (Å²) < 4.78 is 1.11. The molecule has 0 radical (unpaired) electrons. The van der Waals surface area contributed by atoms with E-state index in [1.165, 1.54) is 0 Å². The lowest BCUT2D eigenvalue weighted by molar-refractivity contribution is -0.146. The highest BCUT2D eigenvalue weighted by Crippen LogP contribution is 2.31. The molecule has 0 aliphatic heterocycles. The molecule has 2 aromatic carbocycles. The third-order valence-corrected chi connectivity index (χ3v) is 5.45. The number of nitrogens with zero attached hydrogens (tertiary/aromatic N) is 3. The first-order valence-corrected chi connectivity index (χ1v) is 10.1. The maximum absolute atomic E-state index is 12.5. The molecule has 9 heteroatoms. The lowest BCUT2D eigenvalue weighted by atomic mass is 9.92. The number of hydrogen-bond donors (Lipinski definition) is 3. The third kappa shape index (κ3) is 4.61. The number of carboxylic acid groups (broad SMARTS) is 1. The summed E-state index contributed by atoms with van der Waals surface area (Å²) in [5, 5.41) is 31.3. The molecule has 0 spiro atoms. The number of aromatic nitrogens is 3. The molecule has 1 fully saturated rings. The van der Waals surface area contributed by atoms with Crippen LogP contribution in [0.1, 0.15) is 30.9 Å². The van der Waals surface area contributed by atoms with Gasteiger partial charge in [-0.2, -0.15) is 0 Å². The summed E-state index contributed by atoms with van der Waals surface area (Å²) >= 11 is 0. The number of carbonyl (C=O) groups is 2. The summed E-state index contributed by atoms with van der Waals surface area (Å²) in [6.45, 7) is 0.000222. The van der Waals surface area contributed by atoms with Gasteiger partial charge in [-0.1, -0.05) is 29.5 Å². The second kappa shape index (κ2) is 8.65. The Balaban J connectivity index is 1.46. The van der Waals surface area contributed by atoms with Crippen molar-refractivity contribution in [3.63, 3.8) is 0 Å². The number of aryl methyl sites for hydroxylation is 1. The maximum Gasteiger partial charge on any atom is 0.309 e. The summed E-state index contributed by atoms with van der Waals surface area (Å²) in [5.41, 5.74) is 1.11. The topological polar surface area (TPSA) is 134 Å². The van der Waals surface area contributed by atoms with Crippen molar-refractivity contribution in [1.82, 2.24) is 15.0 Å². The Morgan fingerprint density at radius 3 is 2.52 bits per heavy atom. The largest absolute Gasteiger partial charge is 0.481 e. The predicted octanol–water partition coefficient (Wildman–Crippen LogP) is 1.96. The number of fused-ring (bicyclic) bond motifs is 1. The van der Waals surface area contributed by atoms with Crippen molar-refractivity contribution in [2.75, 3.05) is 5.32 Å². The molecule has 1 aromatic heterocycles. The maximum atomic E-state index is 12.5. The van der Waals surface area contributed by atoms with Gasteiger partial charge in [0.1, 0.15) is 5.52 Å². The fourth-order valence-corrected chi connectivity index (χ4v) is 3.43. The predicted molar refractivity (Wildman–Crippen MR) is 112 cm³/mol. The van der Waals surface area contributed by atoms with Crippen molar-refractivity contribution in [3.8, 4) is 0 Å². The number of hydrogen-bond acceptors (Lipinski definition) is 6. The van der Waals surface area contributed by atoms with Gasteiger partial charge in [0.2, 0.25) is 5.91 Å². The van der Waals surface area contributed by atoms with E-state index < -0.39 is 18.0 Å². The second-order valence-electron chi connectivity index (χ2n) is 7.70. The molecular weight excluding hydrogens is 400 g/mol. The first-order valence-electron chi connectivity index (χ1n) is 10.1. The Bertz CT molecular complexity index is 1170. The smallest absolute Gasteiger partial charge is 0.309 e. The summed E-state index contributed by atoms with van der Waals surface area (Å²) in [6, 6.07) is 13.2. The molecule has 2 atom stereocenters. The van der Waals surface area contributed by atoms with Gasteiger partial charge in [-0.3, -0.25) is 14.4 Å². The standard InChI is InChI=1S/C22H22N4O5/c27-19(13-7-9-15(10-8-13)23-20(28)14-5-6-14)17(22(30)31)11-12-26-21(29)16-3-1-2-4-18(16)24-25-26/h1-4,7-10,14,17,19,27H,5-6,11-12H2,(H,23,28)(H,30,31)/t17-,19+/m0/s1. The van der Waals surface area contributed by atoms with Crippen LogP contribution in [0.5, 0.6) is 0 Å². The monoisotopic (exact) mass is 422 g/mol. The number of carboxylic acids is 1. The number of aliphatic carboxylic acids is 1. The number of aliphatic hydroxyl groups excluding tert-OH is 1. The molecule has 160 valence electrons. The number of amides is 1. The van der Waals surface area contributed by atoms with Crippen molar-refractivity contribution < 1.29 is 19.8 Å². The SMILES string of the molecule is O=C(Nc1ccc([C@@H](O)[C@H](CCn2nnc3ccccc3c2=O)C(=O)O)cc1)C1CC1. The summed E-state index contributed by atoms with van der Waals surface area (Å²) in [5.74, 6) is -2.28. The number of aliphatic hydroxyl groups is 1. The van der Waals surface area contributed by atoms with Crippen molar-refractivity contribution in [1.29, 1.82) is 0 Å². The lowest BCUT2D eigenvalue weighted by Gasteiger charge is -2.20. The van der Waals surface area contributed by atoms with E-state index in [0.29, 0.717) is 22.2 Å². The van der Waals surface area contributed by atoms with E-state index in [1.807, 2.05) is 0 Å². The summed E-state index contributed by atoms with van der Waals surface area (Å²) in [7, 11) is 0. The average molecular weight is 422 g/mol. The molecule has 1 amide bonds. The molecule has 3 aromatic rings. The highest BCUT2D eigenvalue weighted by atomic mass is 16.4. The second-order valence-corrected chi connectivity index (χ2v) is 7.70. The number of rotatable bonds is 8. The van der Waals surface area contributed by atoms with Gasteiger partial charge < -0.3 is 15.5 Å². The van der Waals surface area contributed by atoms with Crippen LogP contribution in [-0.4, -0.2) is 37.1 Å². The number of anilines is 1. The van der Waals surface area contributed by atoms with Crippen molar-refractivity contribution >= 4 is 28.5 Å². The van der Waals surface area contributed by atoms with Gasteiger partial charge >= 0.3 is 5.97 Å². The van der Waals surface area contributed by atoms with Crippen LogP contribution < -0.4 is 10.9 Å².